The molecule has 0 fully saturated rings. The molecule has 2 N–H and O–H groups in total. The summed E-state index contributed by atoms with van der Waals surface area (Å²) < 4.78 is 5.05. The van der Waals surface area contributed by atoms with E-state index in [0.717, 1.165) is 11.1 Å². The summed E-state index contributed by atoms with van der Waals surface area (Å²) in [6.07, 6.45) is 0. The van der Waals surface area contributed by atoms with Gasteiger partial charge in [0.05, 0.1) is 6.61 Å². The van der Waals surface area contributed by atoms with Gasteiger partial charge in [0.25, 0.3) is 0 Å². The van der Waals surface area contributed by atoms with E-state index in [0.29, 0.717) is 0 Å². The van der Waals surface area contributed by atoms with Crippen LogP contribution >= 0.6 is 0 Å². The van der Waals surface area contributed by atoms with Gasteiger partial charge in [0.1, 0.15) is 11.7 Å². The van der Waals surface area contributed by atoms with Crippen molar-refractivity contribution in [2.45, 2.75) is 19.8 Å². The van der Waals surface area contributed by atoms with E-state index in [9.17, 15) is 9.59 Å². The van der Waals surface area contributed by atoms with Gasteiger partial charge in [-0.1, -0.05) is 29.8 Å². The molecule has 0 aliphatic rings. The molecule has 0 spiro atoms. The minimum absolute atomic E-state index is 0.258. The topological polar surface area (TPSA) is 87.8 Å². The van der Waals surface area contributed by atoms with Crippen molar-refractivity contribution in [3.05, 3.63) is 51.7 Å². The average Bonchev–Trinajstić information content (AvgIpc) is 2.76. The molecule has 0 amide bonds. The van der Waals surface area contributed by atoms with Crippen LogP contribution in [0.5, 0.6) is 0 Å². The number of nitrogens with one attached hydrogen (secondary N) is 2. The number of hydrogen-bond acceptors (Lipinski definition) is 4. The predicted molar refractivity (Wildman–Crippen MR) is 68.9 cm³/mol. The number of benzene rings is 1. The second kappa shape index (κ2) is 5.51. The lowest BCUT2D eigenvalue weighted by Crippen LogP contribution is -2.19. The highest BCUT2D eigenvalue weighted by Crippen LogP contribution is 2.23. The van der Waals surface area contributed by atoms with E-state index in [-0.39, 0.29) is 12.4 Å². The van der Waals surface area contributed by atoms with E-state index < -0.39 is 17.6 Å². The van der Waals surface area contributed by atoms with Gasteiger partial charge < -0.3 is 4.74 Å². The van der Waals surface area contributed by atoms with Crippen LogP contribution in [0.4, 0.5) is 0 Å². The molecule has 0 aliphatic carbocycles. The summed E-state index contributed by atoms with van der Waals surface area (Å²) in [4.78, 5) is 25.7. The first-order valence-corrected chi connectivity index (χ1v) is 5.99. The number of aromatic amines is 2. The number of ether oxygens (including phenoxy) is 1. The van der Waals surface area contributed by atoms with Gasteiger partial charge in [0.15, 0.2) is 0 Å². The Labute approximate surface area is 109 Å². The first kappa shape index (κ1) is 13.1. The van der Waals surface area contributed by atoms with Crippen LogP contribution < -0.4 is 5.69 Å². The predicted octanol–water partition coefficient (Wildman–Crippen LogP) is 1.10. The molecule has 1 atom stereocenters. The van der Waals surface area contributed by atoms with Gasteiger partial charge >= 0.3 is 11.7 Å². The Kier molecular flexibility index (Phi) is 3.79. The van der Waals surface area contributed by atoms with Crippen molar-refractivity contribution in [1.82, 2.24) is 15.2 Å². The van der Waals surface area contributed by atoms with E-state index in [4.69, 9.17) is 4.74 Å². The first-order valence-electron chi connectivity index (χ1n) is 5.99. The number of aryl methyl sites for hydroxylation is 1. The molecule has 0 radical (unpaired) electrons. The summed E-state index contributed by atoms with van der Waals surface area (Å²) in [5.74, 6) is -0.899. The number of H-pyrrole nitrogens is 2. The molecule has 1 aromatic heterocycles. The molecule has 0 aliphatic heterocycles. The van der Waals surface area contributed by atoms with Crippen LogP contribution in [-0.4, -0.2) is 27.8 Å². The van der Waals surface area contributed by atoms with Gasteiger partial charge in [-0.15, -0.1) is 0 Å². The zero-order valence-corrected chi connectivity index (χ0v) is 10.8. The summed E-state index contributed by atoms with van der Waals surface area (Å²) in [5, 5.41) is 6.09. The Morgan fingerprint density at radius 2 is 2.26 bits per heavy atom. The number of aromatic nitrogens is 3. The molecular weight excluding hydrogens is 246 g/mol. The second-order valence-corrected chi connectivity index (χ2v) is 4.16. The Morgan fingerprint density at radius 1 is 1.47 bits per heavy atom. The maximum absolute atomic E-state index is 12.1. The van der Waals surface area contributed by atoms with Gasteiger partial charge in [-0.2, -0.15) is 5.10 Å². The van der Waals surface area contributed by atoms with Crippen LogP contribution in [-0.2, 0) is 9.53 Å². The largest absolute Gasteiger partial charge is 0.465 e. The summed E-state index contributed by atoms with van der Waals surface area (Å²) in [5.41, 5.74) is 1.31. The lowest BCUT2D eigenvalue weighted by molar-refractivity contribution is -0.144. The summed E-state index contributed by atoms with van der Waals surface area (Å²) in [6.45, 7) is 3.94. The Hall–Kier alpha value is -2.37. The van der Waals surface area contributed by atoms with Crippen LogP contribution in [0.1, 0.15) is 29.8 Å². The standard InChI is InChI=1S/C13H15N3O3/c1-3-19-12(17)10(11-14-13(18)16-15-11)9-6-4-5-8(2)7-9/h4-7,10H,3H2,1-2H3,(H2,14,15,16,18). The molecule has 0 saturated heterocycles. The van der Waals surface area contributed by atoms with Gasteiger partial charge in [-0.3, -0.25) is 9.78 Å². The van der Waals surface area contributed by atoms with Gasteiger partial charge in [-0.05, 0) is 19.4 Å². The Bertz CT molecular complexity index is 630. The molecule has 19 heavy (non-hydrogen) atoms. The van der Waals surface area contributed by atoms with Crippen molar-refractivity contribution in [3.63, 3.8) is 0 Å². The highest BCUT2D eigenvalue weighted by atomic mass is 16.5. The third kappa shape index (κ3) is 2.90. The third-order valence-corrected chi connectivity index (χ3v) is 2.69. The van der Waals surface area contributed by atoms with Crippen molar-refractivity contribution in [2.24, 2.45) is 0 Å². The van der Waals surface area contributed by atoms with Crippen molar-refractivity contribution in [2.75, 3.05) is 6.61 Å². The van der Waals surface area contributed by atoms with E-state index in [2.05, 4.69) is 15.2 Å². The van der Waals surface area contributed by atoms with E-state index in [1.54, 1.807) is 6.92 Å². The van der Waals surface area contributed by atoms with Crippen LogP contribution in [0.2, 0.25) is 0 Å². The van der Waals surface area contributed by atoms with E-state index in [1.165, 1.54) is 0 Å². The maximum atomic E-state index is 12.1. The molecule has 100 valence electrons. The van der Waals surface area contributed by atoms with Crippen molar-refractivity contribution in [3.8, 4) is 0 Å². The molecule has 0 saturated carbocycles. The Morgan fingerprint density at radius 3 is 2.84 bits per heavy atom. The second-order valence-electron chi connectivity index (χ2n) is 4.16. The fraction of sp³-hybridized carbons (Fsp3) is 0.308. The monoisotopic (exact) mass is 261 g/mol. The third-order valence-electron chi connectivity index (χ3n) is 2.69. The van der Waals surface area contributed by atoms with Crippen LogP contribution in [0.15, 0.2) is 29.1 Å². The van der Waals surface area contributed by atoms with Crippen LogP contribution in [0, 0.1) is 6.92 Å². The zero-order chi connectivity index (χ0) is 13.8. The van der Waals surface area contributed by atoms with E-state index >= 15 is 0 Å². The number of carbonyl (C=O) groups is 1. The first-order chi connectivity index (χ1) is 9.11. The number of carbonyl (C=O) groups excluding carboxylic acids is 1. The zero-order valence-electron chi connectivity index (χ0n) is 10.8. The van der Waals surface area contributed by atoms with Crippen LogP contribution in [0.25, 0.3) is 0 Å². The molecule has 1 aromatic carbocycles. The van der Waals surface area contributed by atoms with Crippen LogP contribution in [0.3, 0.4) is 0 Å². The number of hydrogen-bond donors (Lipinski definition) is 2. The molecule has 2 rings (SSSR count). The molecule has 2 aromatic rings. The minimum Gasteiger partial charge on any atom is -0.465 e. The maximum Gasteiger partial charge on any atom is 0.340 e. The fourth-order valence-electron chi connectivity index (χ4n) is 1.90. The molecule has 1 unspecified atom stereocenters. The highest BCUT2D eigenvalue weighted by Gasteiger charge is 2.27. The number of nitrogens with zero attached hydrogens (tertiary/aromatic N) is 1. The normalized spacial score (nSPS) is 12.1. The highest BCUT2D eigenvalue weighted by molar-refractivity contribution is 5.81. The Balaban J connectivity index is 2.45. The lowest BCUT2D eigenvalue weighted by atomic mass is 9.97. The van der Waals surface area contributed by atoms with Gasteiger partial charge in [0.2, 0.25) is 0 Å². The summed E-state index contributed by atoms with van der Waals surface area (Å²) >= 11 is 0. The molecular formula is C13H15N3O3. The number of esters is 1. The number of rotatable bonds is 4. The minimum atomic E-state index is -0.723. The fourth-order valence-corrected chi connectivity index (χ4v) is 1.90. The molecule has 0 bridgehead atoms. The molecule has 1 heterocycles. The van der Waals surface area contributed by atoms with Crippen molar-refractivity contribution >= 4 is 5.97 Å². The average molecular weight is 261 g/mol. The van der Waals surface area contributed by atoms with E-state index in [1.807, 2.05) is 31.2 Å². The molecule has 6 heteroatoms. The summed E-state index contributed by atoms with van der Waals surface area (Å²) in [7, 11) is 0. The molecule has 6 nitrogen and oxygen atoms in total. The SMILES string of the molecule is CCOC(=O)C(c1cccc(C)c1)c1n[nH]c(=O)[nH]1. The quantitative estimate of drug-likeness (QED) is 0.807. The summed E-state index contributed by atoms with van der Waals surface area (Å²) in [6, 6.07) is 7.46. The van der Waals surface area contributed by atoms with Gasteiger partial charge in [0, 0.05) is 0 Å². The van der Waals surface area contributed by atoms with Crippen molar-refractivity contribution < 1.29 is 9.53 Å². The smallest absolute Gasteiger partial charge is 0.340 e. The van der Waals surface area contributed by atoms with Gasteiger partial charge in [-0.25, -0.2) is 9.89 Å². The van der Waals surface area contributed by atoms with Crippen molar-refractivity contribution in [1.29, 1.82) is 0 Å². The lowest BCUT2D eigenvalue weighted by Gasteiger charge is -2.13.